The minimum Gasteiger partial charge on any atom is -0.544 e. The van der Waals surface area contributed by atoms with Crippen molar-refractivity contribution < 1.29 is 43.0 Å². The average Bonchev–Trinajstić information content (AvgIpc) is 2.99. The molecular weight excluding hydrogens is 377 g/mol. The number of nitrogens with zero attached hydrogens (tertiary/aromatic N) is 2. The van der Waals surface area contributed by atoms with E-state index in [0.717, 1.165) is 11.3 Å². The van der Waals surface area contributed by atoms with Crippen LogP contribution in [-0.4, -0.2) is 36.3 Å². The molecule has 2 aliphatic rings. The molecule has 2 aromatic heterocycles. The van der Waals surface area contributed by atoms with Gasteiger partial charge in [-0.25, -0.2) is 9.78 Å². The third-order valence-electron chi connectivity index (χ3n) is 4.44. The molecule has 0 radical (unpaired) electrons. The second-order valence-electron chi connectivity index (χ2n) is 6.14. The van der Waals surface area contributed by atoms with Gasteiger partial charge in [0.15, 0.2) is 0 Å². The third kappa shape index (κ3) is 2.93. The first-order chi connectivity index (χ1) is 13.1. The number of ether oxygens (including phenoxy) is 2. The molecule has 136 valence electrons. The fraction of sp³-hybridized carbons (Fsp3) is 0.167. The summed E-state index contributed by atoms with van der Waals surface area (Å²) in [6.45, 7) is 1.15. The molecule has 2 aliphatic heterocycles. The summed E-state index contributed by atoms with van der Waals surface area (Å²) in [4.78, 5) is 30.3. The maximum absolute atomic E-state index is 12.7. The molecule has 0 saturated carbocycles. The number of hydrogen-bond donors (Lipinski definition) is 1. The molecule has 3 aromatic rings. The van der Waals surface area contributed by atoms with Crippen LogP contribution in [0.4, 0.5) is 21.9 Å². The molecule has 4 heterocycles. The minimum absolute atomic E-state index is 0. The van der Waals surface area contributed by atoms with Crippen LogP contribution in [0, 0.1) is 0 Å². The normalized spacial score (nSPS) is 15.6. The van der Waals surface area contributed by atoms with Crippen molar-refractivity contribution in [1.29, 1.82) is 0 Å². The first kappa shape index (κ1) is 18.8. The Morgan fingerprint density at radius 2 is 2.04 bits per heavy atom. The fourth-order valence-electron chi connectivity index (χ4n) is 3.13. The summed E-state index contributed by atoms with van der Waals surface area (Å²) in [5, 5.41) is 14.6. The van der Waals surface area contributed by atoms with Crippen LogP contribution in [0.5, 0.6) is 5.75 Å². The van der Waals surface area contributed by atoms with E-state index in [1.807, 2.05) is 0 Å². The number of aromatic carboxylic acids is 1. The average molecular weight is 389 g/mol. The van der Waals surface area contributed by atoms with Gasteiger partial charge >= 0.3 is 24.9 Å². The number of nitrogens with one attached hydrogen (secondary N) is 1. The number of carbonyl (C=O) groups excluding carboxylic acids is 2. The number of carboxylic acid groups (broad SMARTS) is 1. The Bertz CT molecular complexity index is 1080. The van der Waals surface area contributed by atoms with Gasteiger partial charge in [0, 0.05) is 6.20 Å². The van der Waals surface area contributed by atoms with E-state index in [1.165, 1.54) is 4.90 Å². The summed E-state index contributed by atoms with van der Waals surface area (Å²) >= 11 is 0.982. The topological polar surface area (TPSA) is 104 Å². The van der Waals surface area contributed by atoms with E-state index in [9.17, 15) is 14.7 Å². The first-order valence-electron chi connectivity index (χ1n) is 8.20. The van der Waals surface area contributed by atoms with E-state index >= 15 is 0 Å². The van der Waals surface area contributed by atoms with Gasteiger partial charge in [0.2, 0.25) is 0 Å². The smallest absolute Gasteiger partial charge is 0.544 e. The summed E-state index contributed by atoms with van der Waals surface area (Å²) in [7, 11) is 0. The quantitative estimate of drug-likeness (QED) is 0.582. The maximum Gasteiger partial charge on any atom is 1.00 e. The first-order valence-corrected chi connectivity index (χ1v) is 9.02. The number of benzene rings is 1. The van der Waals surface area contributed by atoms with Crippen LogP contribution in [0.25, 0.3) is 10.2 Å². The van der Waals surface area contributed by atoms with Crippen molar-refractivity contribution in [3.63, 3.8) is 0 Å². The number of carbonyl (C=O) groups is 2. The molecule has 1 saturated heterocycles. The molecule has 10 heteroatoms. The molecule has 1 aromatic carbocycles. The number of hydrogen-bond acceptors (Lipinski definition) is 7. The van der Waals surface area contributed by atoms with Crippen LogP contribution in [-0.2, 0) is 4.74 Å². The number of carboxylic acids is 1. The van der Waals surface area contributed by atoms with Crippen molar-refractivity contribution in [1.82, 2.24) is 4.98 Å². The summed E-state index contributed by atoms with van der Waals surface area (Å²) in [5.41, 5.74) is 1.44. The SMILES string of the molecule is O=C([O-])c1sc2nccc3c2c1NC(=O)N3c1ccc(OC2COC2)cc1.[Li+]. The molecule has 1 N–H and O–H groups in total. The Hall–Kier alpha value is -2.57. The van der Waals surface area contributed by atoms with Gasteiger partial charge in [0.25, 0.3) is 0 Å². The summed E-state index contributed by atoms with van der Waals surface area (Å²) in [6, 6.07) is 8.36. The van der Waals surface area contributed by atoms with Gasteiger partial charge in [-0.15, -0.1) is 11.3 Å². The van der Waals surface area contributed by atoms with Gasteiger partial charge in [-0.3, -0.25) is 4.90 Å². The van der Waals surface area contributed by atoms with E-state index in [4.69, 9.17) is 9.47 Å². The molecule has 0 unspecified atom stereocenters. The van der Waals surface area contributed by atoms with Crippen LogP contribution in [0.2, 0.25) is 0 Å². The van der Waals surface area contributed by atoms with Crippen molar-refractivity contribution in [2.24, 2.45) is 0 Å². The Morgan fingerprint density at radius 3 is 2.68 bits per heavy atom. The number of anilines is 3. The zero-order valence-corrected chi connectivity index (χ0v) is 15.6. The number of urea groups is 1. The summed E-state index contributed by atoms with van der Waals surface area (Å²) in [5.74, 6) is -0.644. The predicted molar refractivity (Wildman–Crippen MR) is 96.8 cm³/mol. The maximum atomic E-state index is 12.7. The summed E-state index contributed by atoms with van der Waals surface area (Å²) < 4.78 is 10.8. The Morgan fingerprint density at radius 1 is 1.29 bits per heavy atom. The standard InChI is InChI=1S/C18H13N3O5S.Li/c22-17(23)15-14-13-12(5-6-19-16(13)27-15)21(18(24)20-14)9-1-3-10(4-2-9)26-11-7-25-8-11;/h1-6,11H,7-8H2,(H,20,24)(H,22,23);/q;+1/p-1. The molecule has 0 aliphatic carbocycles. The van der Waals surface area contributed by atoms with Crippen molar-refractivity contribution in [3.05, 3.63) is 41.4 Å². The number of amides is 2. The molecule has 2 amide bonds. The Kier molecular flexibility index (Phi) is 4.77. The minimum atomic E-state index is -1.34. The van der Waals surface area contributed by atoms with Gasteiger partial charge in [-0.1, -0.05) is 0 Å². The zero-order chi connectivity index (χ0) is 18.5. The van der Waals surface area contributed by atoms with Crippen molar-refractivity contribution in [2.75, 3.05) is 23.4 Å². The van der Waals surface area contributed by atoms with Gasteiger partial charge < -0.3 is 24.7 Å². The van der Waals surface area contributed by atoms with Gasteiger partial charge in [-0.2, -0.15) is 0 Å². The van der Waals surface area contributed by atoms with E-state index < -0.39 is 12.0 Å². The number of rotatable bonds is 4. The van der Waals surface area contributed by atoms with Crippen LogP contribution in [0.3, 0.4) is 0 Å². The van der Waals surface area contributed by atoms with Gasteiger partial charge in [0.1, 0.15) is 16.7 Å². The number of pyridine rings is 1. The number of aromatic nitrogens is 1. The van der Waals surface area contributed by atoms with Gasteiger partial charge in [-0.05, 0) is 30.3 Å². The molecule has 28 heavy (non-hydrogen) atoms. The molecule has 5 rings (SSSR count). The summed E-state index contributed by atoms with van der Waals surface area (Å²) in [6.07, 6.45) is 1.61. The molecule has 0 atom stereocenters. The van der Waals surface area contributed by atoms with Gasteiger partial charge in [0.05, 0.1) is 46.5 Å². The van der Waals surface area contributed by atoms with Crippen LogP contribution < -0.4 is 38.9 Å². The Labute approximate surface area is 175 Å². The molecule has 1 fully saturated rings. The van der Waals surface area contributed by atoms with E-state index in [-0.39, 0.29) is 35.5 Å². The monoisotopic (exact) mass is 389 g/mol. The van der Waals surface area contributed by atoms with Crippen LogP contribution >= 0.6 is 11.3 Å². The molecule has 0 spiro atoms. The van der Waals surface area contributed by atoms with E-state index in [1.54, 1.807) is 36.5 Å². The van der Waals surface area contributed by atoms with E-state index in [0.29, 0.717) is 40.6 Å². The second kappa shape index (κ2) is 7.11. The van der Waals surface area contributed by atoms with Crippen molar-refractivity contribution in [3.8, 4) is 5.75 Å². The molecule has 0 bridgehead atoms. The fourth-order valence-corrected chi connectivity index (χ4v) is 4.09. The van der Waals surface area contributed by atoms with Crippen LogP contribution in [0.15, 0.2) is 36.5 Å². The third-order valence-corrected chi connectivity index (χ3v) is 5.51. The largest absolute Gasteiger partial charge is 1.00 e. The second-order valence-corrected chi connectivity index (χ2v) is 7.14. The van der Waals surface area contributed by atoms with E-state index in [2.05, 4.69) is 10.3 Å². The zero-order valence-electron chi connectivity index (χ0n) is 14.8. The number of thiophene rings is 1. The molecule has 8 nitrogen and oxygen atoms in total. The predicted octanol–water partition coefficient (Wildman–Crippen LogP) is -0.875. The Balaban J connectivity index is 0.00000192. The molecular formula is C18H12LiN3O5S. The van der Waals surface area contributed by atoms with Crippen LogP contribution in [0.1, 0.15) is 9.67 Å². The van der Waals surface area contributed by atoms with Crippen molar-refractivity contribution in [2.45, 2.75) is 6.10 Å². The van der Waals surface area contributed by atoms with Crippen molar-refractivity contribution >= 4 is 50.6 Å².